The predicted octanol–water partition coefficient (Wildman–Crippen LogP) is 20.0. The van der Waals surface area contributed by atoms with Gasteiger partial charge in [-0.2, -0.15) is 0 Å². The fraction of sp³-hybridized carbons (Fsp3) is 0.794. The lowest BCUT2D eigenvalue weighted by atomic mass is 10.1. The van der Waals surface area contributed by atoms with Crippen LogP contribution in [-0.4, -0.2) is 37.2 Å². The molecule has 400 valence electrons. The molecule has 0 aromatic heterocycles. The molecule has 6 nitrogen and oxygen atoms in total. The summed E-state index contributed by atoms with van der Waals surface area (Å²) < 4.78 is 16.9. The highest BCUT2D eigenvalue weighted by molar-refractivity contribution is 5.71. The van der Waals surface area contributed by atoms with E-state index in [1.807, 2.05) is 0 Å². The van der Waals surface area contributed by atoms with Gasteiger partial charge in [-0.3, -0.25) is 14.4 Å². The third kappa shape index (κ3) is 55.9. The summed E-state index contributed by atoms with van der Waals surface area (Å²) in [6, 6.07) is 0. The van der Waals surface area contributed by atoms with Gasteiger partial charge in [0.25, 0.3) is 0 Å². The van der Waals surface area contributed by atoms with Gasteiger partial charge in [0, 0.05) is 19.3 Å². The molecule has 0 saturated heterocycles. The van der Waals surface area contributed by atoms with Gasteiger partial charge in [0.05, 0.1) is 0 Å². The molecule has 1 unspecified atom stereocenters. The third-order valence-electron chi connectivity index (χ3n) is 12.9. The molecule has 0 amide bonds. The number of allylic oxidation sites excluding steroid dienone is 10. The Morgan fingerprint density at radius 2 is 0.551 bits per heavy atom. The van der Waals surface area contributed by atoms with Crippen LogP contribution in [0.4, 0.5) is 0 Å². The number of hydrogen-bond acceptors (Lipinski definition) is 6. The Kier molecular flexibility index (Phi) is 55.3. The third-order valence-corrected chi connectivity index (χ3v) is 12.9. The molecule has 0 radical (unpaired) electrons. The van der Waals surface area contributed by atoms with E-state index in [1.165, 1.54) is 167 Å². The van der Waals surface area contributed by atoms with E-state index >= 15 is 0 Å². The second kappa shape index (κ2) is 57.7. The summed E-state index contributed by atoms with van der Waals surface area (Å²) in [6.45, 7) is 6.56. The zero-order chi connectivity index (χ0) is 50.0. The Hall–Kier alpha value is -2.89. The normalized spacial score (nSPS) is 12.4. The summed E-state index contributed by atoms with van der Waals surface area (Å²) in [5.41, 5.74) is 0. The van der Waals surface area contributed by atoms with Gasteiger partial charge in [-0.15, -0.1) is 0 Å². The van der Waals surface area contributed by atoms with Crippen LogP contribution in [0.2, 0.25) is 0 Å². The molecule has 69 heavy (non-hydrogen) atoms. The lowest BCUT2D eigenvalue weighted by Crippen LogP contribution is -2.30. The summed E-state index contributed by atoms with van der Waals surface area (Å²) in [4.78, 5) is 38.2. The van der Waals surface area contributed by atoms with Crippen molar-refractivity contribution in [3.63, 3.8) is 0 Å². The van der Waals surface area contributed by atoms with Crippen LogP contribution in [-0.2, 0) is 28.6 Å². The standard InChI is InChI=1S/C63H112O6/c1-4-7-10-13-16-19-22-25-27-29-30-31-32-34-35-38-41-44-47-50-53-56-62(65)68-59-60(58-67-61(64)55-52-49-46-43-40-37-24-21-18-15-12-9-6-3)69-63(66)57-54-51-48-45-42-39-36-33-28-26-23-20-17-14-11-8-5-2/h12,15,17,20-21,24,26,28-30,60H,4-11,13-14,16,18-19,22-23,25,27,31-59H2,1-3H3/b15-12-,20-17-,24-21-,28-26-,30-29-. The molecule has 6 heteroatoms. The molecule has 0 aromatic rings. The van der Waals surface area contributed by atoms with Gasteiger partial charge in [0.15, 0.2) is 6.10 Å². The Bertz CT molecular complexity index is 1250. The highest BCUT2D eigenvalue weighted by atomic mass is 16.6. The monoisotopic (exact) mass is 965 g/mol. The first-order valence-corrected chi connectivity index (χ1v) is 29.8. The maximum Gasteiger partial charge on any atom is 0.306 e. The molecule has 0 fully saturated rings. The van der Waals surface area contributed by atoms with Crippen molar-refractivity contribution >= 4 is 17.9 Å². The highest BCUT2D eigenvalue weighted by Gasteiger charge is 2.19. The molecule has 0 aliphatic rings. The van der Waals surface area contributed by atoms with Crippen LogP contribution in [0.1, 0.15) is 303 Å². The fourth-order valence-electron chi connectivity index (χ4n) is 8.45. The van der Waals surface area contributed by atoms with Crippen LogP contribution in [0.25, 0.3) is 0 Å². The Morgan fingerprint density at radius 3 is 0.899 bits per heavy atom. The lowest BCUT2D eigenvalue weighted by molar-refractivity contribution is -0.167. The van der Waals surface area contributed by atoms with Gasteiger partial charge in [-0.05, 0) is 103 Å². The largest absolute Gasteiger partial charge is 0.462 e. The average molecular weight is 966 g/mol. The van der Waals surface area contributed by atoms with Crippen molar-refractivity contribution in [3.05, 3.63) is 60.8 Å². The minimum atomic E-state index is -0.785. The minimum absolute atomic E-state index is 0.0820. The SMILES string of the molecule is CCC/C=C\C/C=C\CCCCCCCC(=O)OCC(COC(=O)CCCCCCCCCCC/C=C\CCCCCCCCCC)OC(=O)CCCCCCCCC/C=C\C/C=C\CCCCC. The maximum atomic E-state index is 12.9. The van der Waals surface area contributed by atoms with Crippen molar-refractivity contribution in [1.82, 2.24) is 0 Å². The second-order valence-electron chi connectivity index (χ2n) is 19.9. The van der Waals surface area contributed by atoms with Crippen LogP contribution in [0.5, 0.6) is 0 Å². The number of unbranched alkanes of at least 4 members (excludes halogenated alkanes) is 33. The van der Waals surface area contributed by atoms with E-state index in [4.69, 9.17) is 14.2 Å². The van der Waals surface area contributed by atoms with Gasteiger partial charge < -0.3 is 14.2 Å². The summed E-state index contributed by atoms with van der Waals surface area (Å²) in [7, 11) is 0. The Morgan fingerprint density at radius 1 is 0.290 bits per heavy atom. The van der Waals surface area contributed by atoms with E-state index < -0.39 is 6.10 Å². The molecule has 0 aliphatic heterocycles. The first-order chi connectivity index (χ1) is 34.0. The topological polar surface area (TPSA) is 78.9 Å². The van der Waals surface area contributed by atoms with Gasteiger partial charge in [0.1, 0.15) is 13.2 Å². The summed E-state index contributed by atoms with van der Waals surface area (Å²) >= 11 is 0. The maximum absolute atomic E-state index is 12.9. The van der Waals surface area contributed by atoms with Gasteiger partial charge in [-0.1, -0.05) is 242 Å². The van der Waals surface area contributed by atoms with E-state index in [1.54, 1.807) is 0 Å². The molecule has 1 atom stereocenters. The second-order valence-corrected chi connectivity index (χ2v) is 19.9. The molecule has 0 N–H and O–H groups in total. The molecule has 0 heterocycles. The number of esters is 3. The van der Waals surface area contributed by atoms with Crippen LogP contribution < -0.4 is 0 Å². The van der Waals surface area contributed by atoms with Crippen molar-refractivity contribution < 1.29 is 28.6 Å². The van der Waals surface area contributed by atoms with E-state index in [2.05, 4.69) is 81.5 Å². The van der Waals surface area contributed by atoms with Crippen molar-refractivity contribution in [2.45, 2.75) is 309 Å². The van der Waals surface area contributed by atoms with Gasteiger partial charge in [-0.25, -0.2) is 0 Å². The van der Waals surface area contributed by atoms with Gasteiger partial charge in [0.2, 0.25) is 0 Å². The van der Waals surface area contributed by atoms with Crippen LogP contribution in [0.15, 0.2) is 60.8 Å². The first kappa shape index (κ1) is 66.1. The predicted molar refractivity (Wildman–Crippen MR) is 298 cm³/mol. The number of carbonyl (C=O) groups excluding carboxylic acids is 3. The smallest absolute Gasteiger partial charge is 0.306 e. The fourth-order valence-corrected chi connectivity index (χ4v) is 8.45. The number of ether oxygens (including phenoxy) is 3. The summed E-state index contributed by atoms with van der Waals surface area (Å²) in [6.07, 6.45) is 72.1. The van der Waals surface area contributed by atoms with E-state index in [0.29, 0.717) is 19.3 Å². The van der Waals surface area contributed by atoms with E-state index in [9.17, 15) is 14.4 Å². The number of carbonyl (C=O) groups is 3. The van der Waals surface area contributed by atoms with Crippen LogP contribution in [0.3, 0.4) is 0 Å². The molecule has 0 saturated carbocycles. The first-order valence-electron chi connectivity index (χ1n) is 29.8. The van der Waals surface area contributed by atoms with Crippen molar-refractivity contribution in [2.24, 2.45) is 0 Å². The Balaban J connectivity index is 4.34. The minimum Gasteiger partial charge on any atom is -0.462 e. The van der Waals surface area contributed by atoms with Crippen molar-refractivity contribution in [1.29, 1.82) is 0 Å². The van der Waals surface area contributed by atoms with Crippen LogP contribution in [0, 0.1) is 0 Å². The molecular weight excluding hydrogens is 853 g/mol. The molecule has 0 rings (SSSR count). The Labute approximate surface area is 428 Å². The lowest BCUT2D eigenvalue weighted by Gasteiger charge is -2.18. The molecule has 0 bridgehead atoms. The van der Waals surface area contributed by atoms with Gasteiger partial charge >= 0.3 is 17.9 Å². The summed E-state index contributed by atoms with van der Waals surface area (Å²) in [5, 5.41) is 0. The van der Waals surface area contributed by atoms with Crippen molar-refractivity contribution in [2.75, 3.05) is 13.2 Å². The zero-order valence-electron chi connectivity index (χ0n) is 45.8. The van der Waals surface area contributed by atoms with E-state index in [-0.39, 0.29) is 31.1 Å². The number of hydrogen-bond donors (Lipinski definition) is 0. The zero-order valence-corrected chi connectivity index (χ0v) is 45.8. The van der Waals surface area contributed by atoms with E-state index in [0.717, 1.165) is 96.3 Å². The van der Waals surface area contributed by atoms with Crippen LogP contribution >= 0.6 is 0 Å². The highest BCUT2D eigenvalue weighted by Crippen LogP contribution is 2.16. The molecule has 0 aromatic carbocycles. The number of rotatable bonds is 54. The molecule has 0 spiro atoms. The van der Waals surface area contributed by atoms with Crippen molar-refractivity contribution in [3.8, 4) is 0 Å². The summed E-state index contributed by atoms with van der Waals surface area (Å²) in [5.74, 6) is -0.895. The molecular formula is C63H112O6. The molecule has 0 aliphatic carbocycles. The quantitative estimate of drug-likeness (QED) is 0.0262. The average Bonchev–Trinajstić information content (AvgIpc) is 3.35.